The van der Waals surface area contributed by atoms with Gasteiger partial charge in [0.2, 0.25) is 5.91 Å². The van der Waals surface area contributed by atoms with Crippen LogP contribution in [0.15, 0.2) is 24.3 Å². The molecule has 5 nitrogen and oxygen atoms in total. The lowest BCUT2D eigenvalue weighted by Gasteiger charge is -2.18. The van der Waals surface area contributed by atoms with Crippen LogP contribution >= 0.6 is 0 Å². The maximum atomic E-state index is 11.9. The summed E-state index contributed by atoms with van der Waals surface area (Å²) in [6, 6.07) is 7.75. The van der Waals surface area contributed by atoms with Gasteiger partial charge in [-0.15, -0.1) is 0 Å². The topological polar surface area (TPSA) is 75.6 Å². The molecule has 0 saturated heterocycles. The number of carboxylic acid groups (broad SMARTS) is 1. The highest BCUT2D eigenvalue weighted by atomic mass is 16.5. The molecule has 0 aromatic heterocycles. The zero-order chi connectivity index (χ0) is 16.6. The molecule has 0 fully saturated rings. The van der Waals surface area contributed by atoms with Gasteiger partial charge in [-0.3, -0.25) is 9.59 Å². The van der Waals surface area contributed by atoms with E-state index in [1.807, 2.05) is 24.3 Å². The van der Waals surface area contributed by atoms with Crippen molar-refractivity contribution in [1.29, 1.82) is 0 Å². The molecule has 2 N–H and O–H groups in total. The Bertz CT molecular complexity index is 511. The quantitative estimate of drug-likeness (QED) is 0.688. The van der Waals surface area contributed by atoms with Crippen LogP contribution in [0.5, 0.6) is 0 Å². The Morgan fingerprint density at radius 1 is 1.23 bits per heavy atom. The second-order valence-electron chi connectivity index (χ2n) is 5.96. The number of carbonyl (C=O) groups excluding carboxylic acids is 1. The summed E-state index contributed by atoms with van der Waals surface area (Å²) in [5.74, 6) is -1.24. The van der Waals surface area contributed by atoms with Crippen molar-refractivity contribution in [2.75, 3.05) is 6.61 Å². The van der Waals surface area contributed by atoms with Gasteiger partial charge in [0.05, 0.1) is 12.0 Å². The van der Waals surface area contributed by atoms with E-state index in [0.717, 1.165) is 17.5 Å². The fourth-order valence-corrected chi connectivity index (χ4v) is 1.93. The van der Waals surface area contributed by atoms with Crippen LogP contribution in [0.4, 0.5) is 0 Å². The summed E-state index contributed by atoms with van der Waals surface area (Å²) in [6.45, 7) is 6.73. The first-order valence-corrected chi connectivity index (χ1v) is 7.51. The van der Waals surface area contributed by atoms with E-state index in [0.29, 0.717) is 19.8 Å². The van der Waals surface area contributed by atoms with Crippen molar-refractivity contribution in [3.05, 3.63) is 35.4 Å². The Morgan fingerprint density at radius 2 is 1.86 bits per heavy atom. The van der Waals surface area contributed by atoms with Crippen molar-refractivity contribution < 1.29 is 19.4 Å². The van der Waals surface area contributed by atoms with E-state index < -0.39 is 11.4 Å². The Balaban J connectivity index is 2.57. The Kier molecular flexibility index (Phi) is 7.05. The summed E-state index contributed by atoms with van der Waals surface area (Å²) < 4.78 is 5.54. The Morgan fingerprint density at radius 3 is 2.45 bits per heavy atom. The van der Waals surface area contributed by atoms with Gasteiger partial charge in [-0.25, -0.2) is 0 Å². The van der Waals surface area contributed by atoms with E-state index in [1.54, 1.807) is 13.8 Å². The number of nitrogens with one attached hydrogen (secondary N) is 1. The minimum atomic E-state index is -1.06. The molecule has 5 heteroatoms. The van der Waals surface area contributed by atoms with Gasteiger partial charge in [-0.2, -0.15) is 0 Å². The molecular weight excluding hydrogens is 282 g/mol. The molecule has 1 amide bonds. The van der Waals surface area contributed by atoms with Crippen LogP contribution in [0.1, 0.15) is 44.7 Å². The van der Waals surface area contributed by atoms with Gasteiger partial charge in [-0.1, -0.05) is 31.2 Å². The van der Waals surface area contributed by atoms with Crippen molar-refractivity contribution in [1.82, 2.24) is 5.32 Å². The van der Waals surface area contributed by atoms with Crippen molar-refractivity contribution in [2.24, 2.45) is 5.41 Å². The third-order valence-corrected chi connectivity index (χ3v) is 3.38. The molecule has 0 heterocycles. The van der Waals surface area contributed by atoms with Gasteiger partial charge >= 0.3 is 5.97 Å². The molecule has 0 atom stereocenters. The van der Waals surface area contributed by atoms with Crippen LogP contribution < -0.4 is 5.32 Å². The van der Waals surface area contributed by atoms with Gasteiger partial charge in [-0.05, 0) is 31.4 Å². The molecule has 0 unspecified atom stereocenters. The Hall–Kier alpha value is -1.88. The monoisotopic (exact) mass is 307 g/mol. The van der Waals surface area contributed by atoms with Crippen LogP contribution in [0.25, 0.3) is 0 Å². The van der Waals surface area contributed by atoms with Crippen LogP contribution in [0.3, 0.4) is 0 Å². The lowest BCUT2D eigenvalue weighted by Crippen LogP contribution is -2.33. The summed E-state index contributed by atoms with van der Waals surface area (Å²) in [4.78, 5) is 22.9. The number of aliphatic carboxylic acids is 1. The first-order chi connectivity index (χ1) is 10.4. The predicted molar refractivity (Wildman–Crippen MR) is 84.3 cm³/mol. The lowest BCUT2D eigenvalue weighted by molar-refractivity contribution is -0.149. The minimum absolute atomic E-state index is 0.0448. The van der Waals surface area contributed by atoms with Gasteiger partial charge in [0.15, 0.2) is 0 Å². The van der Waals surface area contributed by atoms with Gasteiger partial charge < -0.3 is 15.2 Å². The minimum Gasteiger partial charge on any atom is -0.481 e. The molecule has 0 aliphatic heterocycles. The maximum Gasteiger partial charge on any atom is 0.309 e. The molecule has 22 heavy (non-hydrogen) atoms. The third kappa shape index (κ3) is 5.85. The normalized spacial score (nSPS) is 11.2. The van der Waals surface area contributed by atoms with E-state index in [-0.39, 0.29) is 12.3 Å². The average Bonchev–Trinajstić information content (AvgIpc) is 2.46. The molecule has 0 aliphatic rings. The molecule has 0 aliphatic carbocycles. The highest BCUT2D eigenvalue weighted by Gasteiger charge is 2.29. The van der Waals surface area contributed by atoms with Gasteiger partial charge in [0.25, 0.3) is 0 Å². The summed E-state index contributed by atoms with van der Waals surface area (Å²) in [7, 11) is 0. The highest BCUT2D eigenvalue weighted by Crippen LogP contribution is 2.20. The molecule has 0 saturated carbocycles. The van der Waals surface area contributed by atoms with Crippen LogP contribution in [0, 0.1) is 5.41 Å². The number of benzene rings is 1. The average molecular weight is 307 g/mol. The molecule has 1 rings (SSSR count). The van der Waals surface area contributed by atoms with E-state index in [4.69, 9.17) is 9.84 Å². The number of carbonyl (C=O) groups is 2. The number of hydrogen-bond acceptors (Lipinski definition) is 3. The number of amides is 1. The van der Waals surface area contributed by atoms with E-state index in [2.05, 4.69) is 12.2 Å². The van der Waals surface area contributed by atoms with Gasteiger partial charge in [0.1, 0.15) is 0 Å². The van der Waals surface area contributed by atoms with Crippen LogP contribution in [-0.4, -0.2) is 23.6 Å². The SMILES string of the molecule is CCCOCc1ccccc1CNC(=O)CC(C)(C)C(=O)O. The number of rotatable bonds is 9. The second-order valence-corrected chi connectivity index (χ2v) is 5.96. The van der Waals surface area contributed by atoms with Crippen LogP contribution in [-0.2, 0) is 27.5 Å². The van der Waals surface area contributed by atoms with Crippen molar-refractivity contribution in [2.45, 2.75) is 46.8 Å². The number of carboxylic acids is 1. The second kappa shape index (κ2) is 8.54. The predicted octanol–water partition coefficient (Wildman–Crippen LogP) is 2.73. The summed E-state index contributed by atoms with van der Waals surface area (Å²) in [6.07, 6.45) is 0.917. The Labute approximate surface area is 131 Å². The first kappa shape index (κ1) is 18.2. The van der Waals surface area contributed by atoms with E-state index >= 15 is 0 Å². The summed E-state index contributed by atoms with van der Waals surface area (Å²) >= 11 is 0. The summed E-state index contributed by atoms with van der Waals surface area (Å²) in [5.41, 5.74) is 0.960. The maximum absolute atomic E-state index is 11.9. The van der Waals surface area contributed by atoms with Crippen molar-refractivity contribution in [3.8, 4) is 0 Å². The largest absolute Gasteiger partial charge is 0.481 e. The molecule has 0 spiro atoms. The molecule has 0 bridgehead atoms. The zero-order valence-electron chi connectivity index (χ0n) is 13.5. The fourth-order valence-electron chi connectivity index (χ4n) is 1.93. The molecule has 122 valence electrons. The number of ether oxygens (including phenoxy) is 1. The molecule has 0 radical (unpaired) electrons. The van der Waals surface area contributed by atoms with Gasteiger partial charge in [0, 0.05) is 19.6 Å². The molecule has 1 aromatic rings. The van der Waals surface area contributed by atoms with Crippen LogP contribution in [0.2, 0.25) is 0 Å². The van der Waals surface area contributed by atoms with E-state index in [1.165, 1.54) is 0 Å². The smallest absolute Gasteiger partial charge is 0.309 e. The third-order valence-electron chi connectivity index (χ3n) is 3.38. The zero-order valence-corrected chi connectivity index (χ0v) is 13.5. The highest BCUT2D eigenvalue weighted by molar-refractivity contribution is 5.84. The van der Waals surface area contributed by atoms with Crippen molar-refractivity contribution >= 4 is 11.9 Å². The molecular formula is C17H25NO4. The summed E-state index contributed by atoms with van der Waals surface area (Å²) in [5, 5.41) is 11.8. The fraction of sp³-hybridized carbons (Fsp3) is 0.529. The standard InChI is InChI=1S/C17H25NO4/c1-4-9-22-12-14-8-6-5-7-13(14)11-18-15(19)10-17(2,3)16(20)21/h5-8H,4,9-12H2,1-3H3,(H,18,19)(H,20,21). The number of hydrogen-bond donors (Lipinski definition) is 2. The van der Waals surface area contributed by atoms with Crippen molar-refractivity contribution in [3.63, 3.8) is 0 Å². The van der Waals surface area contributed by atoms with E-state index in [9.17, 15) is 9.59 Å². The molecule has 1 aromatic carbocycles. The first-order valence-electron chi connectivity index (χ1n) is 7.51. The lowest BCUT2D eigenvalue weighted by atomic mass is 9.89.